The predicted octanol–water partition coefficient (Wildman–Crippen LogP) is 2.63. The van der Waals surface area contributed by atoms with E-state index in [2.05, 4.69) is 20.2 Å². The number of carbonyl (C=O) groups excluding carboxylic acids is 1. The van der Waals surface area contributed by atoms with Crippen LogP contribution in [0.15, 0.2) is 4.34 Å². The van der Waals surface area contributed by atoms with Gasteiger partial charge in [-0.3, -0.25) is 4.79 Å². The Morgan fingerprint density at radius 1 is 1.17 bits per heavy atom. The second kappa shape index (κ2) is 6.82. The zero-order valence-electron chi connectivity index (χ0n) is 14.7. The smallest absolute Gasteiger partial charge is 0.270 e. The van der Waals surface area contributed by atoms with Crippen LogP contribution in [0.2, 0.25) is 0 Å². The molecule has 1 heterocycles. The van der Waals surface area contributed by atoms with Gasteiger partial charge in [0.15, 0.2) is 0 Å². The Balaban J connectivity index is 2.89. The molecule has 7 nitrogen and oxygen atoms in total. The first kappa shape index (κ1) is 20.0. The standard InChI is InChI=1S/C14H26N4O3S2/c1-9(2)10(19)15-11-16-17-12(22-11)23(20,21)18-14(6,7)8-13(3,4)5/h9,18H,8H2,1-7H3,(H,15,16,19). The zero-order chi connectivity index (χ0) is 18.1. The summed E-state index contributed by atoms with van der Waals surface area (Å²) in [5.41, 5.74) is -0.645. The fraction of sp³-hybridized carbons (Fsp3) is 0.786. The average molecular weight is 363 g/mol. The summed E-state index contributed by atoms with van der Waals surface area (Å²) in [7, 11) is -3.78. The van der Waals surface area contributed by atoms with Gasteiger partial charge in [-0.15, -0.1) is 10.2 Å². The van der Waals surface area contributed by atoms with E-state index in [0.29, 0.717) is 6.42 Å². The molecule has 0 aliphatic heterocycles. The first-order chi connectivity index (χ1) is 10.2. The quantitative estimate of drug-likeness (QED) is 0.758. The molecule has 132 valence electrons. The molecule has 1 aromatic heterocycles. The number of aromatic nitrogens is 2. The van der Waals surface area contributed by atoms with Gasteiger partial charge in [-0.05, 0) is 25.7 Å². The molecule has 1 amide bonds. The lowest BCUT2D eigenvalue weighted by Gasteiger charge is -2.32. The van der Waals surface area contributed by atoms with Crippen LogP contribution in [0.4, 0.5) is 5.13 Å². The van der Waals surface area contributed by atoms with Crippen LogP contribution < -0.4 is 10.0 Å². The molecule has 0 spiro atoms. The number of nitrogens with one attached hydrogen (secondary N) is 2. The Labute approximate surface area is 142 Å². The van der Waals surface area contributed by atoms with E-state index in [1.807, 2.05) is 34.6 Å². The van der Waals surface area contributed by atoms with E-state index in [-0.39, 0.29) is 26.7 Å². The van der Waals surface area contributed by atoms with Crippen LogP contribution >= 0.6 is 11.3 Å². The molecule has 0 saturated carbocycles. The number of hydrogen-bond acceptors (Lipinski definition) is 6. The number of anilines is 1. The molecule has 0 bridgehead atoms. The fourth-order valence-corrected chi connectivity index (χ4v) is 4.70. The van der Waals surface area contributed by atoms with Gasteiger partial charge in [-0.2, -0.15) is 0 Å². The van der Waals surface area contributed by atoms with E-state index in [1.165, 1.54) is 0 Å². The van der Waals surface area contributed by atoms with E-state index >= 15 is 0 Å². The molecule has 0 fully saturated rings. The van der Waals surface area contributed by atoms with E-state index in [4.69, 9.17) is 0 Å². The summed E-state index contributed by atoms with van der Waals surface area (Å²) in [5, 5.41) is 10.1. The van der Waals surface area contributed by atoms with Crippen LogP contribution in [-0.4, -0.2) is 30.1 Å². The first-order valence-corrected chi connectivity index (χ1v) is 9.70. The number of hydrogen-bond donors (Lipinski definition) is 2. The maximum absolute atomic E-state index is 12.5. The van der Waals surface area contributed by atoms with E-state index in [9.17, 15) is 13.2 Å². The van der Waals surface area contributed by atoms with Crippen molar-refractivity contribution < 1.29 is 13.2 Å². The van der Waals surface area contributed by atoms with Crippen molar-refractivity contribution in [3.8, 4) is 0 Å². The van der Waals surface area contributed by atoms with Crippen molar-refractivity contribution >= 4 is 32.4 Å². The molecule has 0 saturated heterocycles. The van der Waals surface area contributed by atoms with Gasteiger partial charge in [0.2, 0.25) is 15.4 Å². The Hall–Kier alpha value is -1.06. The number of rotatable bonds is 6. The normalized spacial score (nSPS) is 13.4. The van der Waals surface area contributed by atoms with Crippen molar-refractivity contribution in [1.29, 1.82) is 0 Å². The third-order valence-corrected chi connectivity index (χ3v) is 5.68. The predicted molar refractivity (Wildman–Crippen MR) is 91.8 cm³/mol. The van der Waals surface area contributed by atoms with Crippen molar-refractivity contribution in [3.63, 3.8) is 0 Å². The molecule has 0 aliphatic rings. The van der Waals surface area contributed by atoms with Crippen molar-refractivity contribution in [3.05, 3.63) is 0 Å². The largest absolute Gasteiger partial charge is 0.300 e. The lowest BCUT2D eigenvalue weighted by Crippen LogP contribution is -2.45. The molecule has 2 N–H and O–H groups in total. The van der Waals surface area contributed by atoms with Crippen molar-refractivity contribution in [2.75, 3.05) is 5.32 Å². The van der Waals surface area contributed by atoms with Gasteiger partial charge < -0.3 is 5.32 Å². The SMILES string of the molecule is CC(C)C(=O)Nc1nnc(S(=O)(=O)NC(C)(C)CC(C)(C)C)s1. The molecular weight excluding hydrogens is 336 g/mol. The molecule has 0 atom stereocenters. The number of carbonyl (C=O) groups is 1. The topological polar surface area (TPSA) is 101 Å². The minimum absolute atomic E-state index is 0.0243. The van der Waals surface area contributed by atoms with Gasteiger partial charge in [0, 0.05) is 11.5 Å². The van der Waals surface area contributed by atoms with Crippen LogP contribution in [0.25, 0.3) is 0 Å². The number of nitrogens with zero attached hydrogens (tertiary/aromatic N) is 2. The molecule has 0 aromatic carbocycles. The summed E-state index contributed by atoms with van der Waals surface area (Å²) in [4.78, 5) is 11.6. The molecule has 1 rings (SSSR count). The number of sulfonamides is 1. The van der Waals surface area contributed by atoms with E-state index < -0.39 is 15.6 Å². The summed E-state index contributed by atoms with van der Waals surface area (Å²) in [6.45, 7) is 13.3. The lowest BCUT2D eigenvalue weighted by atomic mass is 9.82. The molecule has 9 heteroatoms. The van der Waals surface area contributed by atoms with Gasteiger partial charge in [0.05, 0.1) is 0 Å². The highest BCUT2D eigenvalue weighted by Crippen LogP contribution is 2.29. The second-order valence-electron chi connectivity index (χ2n) is 7.74. The highest BCUT2D eigenvalue weighted by atomic mass is 32.2. The van der Waals surface area contributed by atoms with Gasteiger partial charge in [-0.25, -0.2) is 13.1 Å². The average Bonchev–Trinajstić information content (AvgIpc) is 2.72. The third kappa shape index (κ3) is 6.52. The highest BCUT2D eigenvalue weighted by molar-refractivity contribution is 7.91. The number of amides is 1. The monoisotopic (exact) mass is 362 g/mol. The third-order valence-electron chi connectivity index (χ3n) is 2.77. The van der Waals surface area contributed by atoms with Gasteiger partial charge in [-0.1, -0.05) is 46.0 Å². The maximum Gasteiger partial charge on any atom is 0.270 e. The van der Waals surface area contributed by atoms with Crippen molar-refractivity contribution in [2.45, 2.75) is 64.8 Å². The van der Waals surface area contributed by atoms with E-state index in [0.717, 1.165) is 11.3 Å². The fourth-order valence-electron chi connectivity index (χ4n) is 2.39. The summed E-state index contributed by atoms with van der Waals surface area (Å²) in [5.74, 6) is -0.450. The Kier molecular flexibility index (Phi) is 5.93. The van der Waals surface area contributed by atoms with Crippen LogP contribution in [0.1, 0.15) is 54.9 Å². The Morgan fingerprint density at radius 2 is 1.74 bits per heavy atom. The summed E-state index contributed by atoms with van der Waals surface area (Å²) >= 11 is 0.840. The van der Waals surface area contributed by atoms with Gasteiger partial charge in [0.1, 0.15) is 0 Å². The molecule has 0 radical (unpaired) electrons. The van der Waals surface area contributed by atoms with Crippen LogP contribution in [0.3, 0.4) is 0 Å². The molecular formula is C14H26N4O3S2. The minimum atomic E-state index is -3.78. The Morgan fingerprint density at radius 3 is 2.22 bits per heavy atom. The molecule has 0 unspecified atom stereocenters. The Bertz CT molecular complexity index is 658. The molecule has 0 aliphatic carbocycles. The van der Waals surface area contributed by atoms with Crippen LogP contribution in [0, 0.1) is 11.3 Å². The molecule has 1 aromatic rings. The van der Waals surface area contributed by atoms with Crippen LogP contribution in [0.5, 0.6) is 0 Å². The van der Waals surface area contributed by atoms with Crippen molar-refractivity contribution in [2.24, 2.45) is 11.3 Å². The molecule has 23 heavy (non-hydrogen) atoms. The summed E-state index contributed by atoms with van der Waals surface area (Å²) in [6.07, 6.45) is 0.662. The second-order valence-corrected chi connectivity index (χ2v) is 10.6. The van der Waals surface area contributed by atoms with Crippen molar-refractivity contribution in [1.82, 2.24) is 14.9 Å². The summed E-state index contributed by atoms with van der Waals surface area (Å²) < 4.78 is 27.4. The van der Waals surface area contributed by atoms with Gasteiger partial charge in [0.25, 0.3) is 10.0 Å². The first-order valence-electron chi connectivity index (χ1n) is 7.40. The lowest BCUT2D eigenvalue weighted by molar-refractivity contribution is -0.118. The van der Waals surface area contributed by atoms with Crippen LogP contribution in [-0.2, 0) is 14.8 Å². The summed E-state index contributed by atoms with van der Waals surface area (Å²) in [6, 6.07) is 0. The zero-order valence-corrected chi connectivity index (χ0v) is 16.4. The van der Waals surface area contributed by atoms with E-state index in [1.54, 1.807) is 13.8 Å². The maximum atomic E-state index is 12.5. The van der Waals surface area contributed by atoms with Gasteiger partial charge >= 0.3 is 0 Å². The minimum Gasteiger partial charge on any atom is -0.300 e. The highest BCUT2D eigenvalue weighted by Gasteiger charge is 2.32.